The first kappa shape index (κ1) is 17.7. The van der Waals surface area contributed by atoms with Crippen LogP contribution in [-0.2, 0) is 22.6 Å². The van der Waals surface area contributed by atoms with Gasteiger partial charge < -0.3 is 4.74 Å². The highest BCUT2D eigenvalue weighted by Gasteiger charge is 2.17. The van der Waals surface area contributed by atoms with Crippen molar-refractivity contribution in [3.8, 4) is 0 Å². The fourth-order valence-corrected chi connectivity index (χ4v) is 3.03. The molecule has 0 radical (unpaired) electrons. The van der Waals surface area contributed by atoms with E-state index in [4.69, 9.17) is 16.3 Å². The van der Waals surface area contributed by atoms with Gasteiger partial charge in [-0.25, -0.2) is 9.50 Å². The maximum atomic E-state index is 12.3. The molecule has 1 aromatic carbocycles. The number of hydrogen-bond donors (Lipinski definition) is 0. The molecule has 0 aliphatic rings. The molecule has 25 heavy (non-hydrogen) atoms. The van der Waals surface area contributed by atoms with Gasteiger partial charge in [0.15, 0.2) is 0 Å². The van der Waals surface area contributed by atoms with Crippen molar-refractivity contribution in [1.29, 1.82) is 0 Å². The van der Waals surface area contributed by atoms with Crippen molar-refractivity contribution in [2.75, 3.05) is 6.26 Å². The lowest BCUT2D eigenvalue weighted by atomic mass is 10.1. The van der Waals surface area contributed by atoms with E-state index in [1.54, 1.807) is 10.6 Å². The maximum Gasteiger partial charge on any atom is 0.310 e. The predicted molar refractivity (Wildman–Crippen MR) is 97.0 cm³/mol. The zero-order valence-electron chi connectivity index (χ0n) is 14.1. The summed E-state index contributed by atoms with van der Waals surface area (Å²) in [6.07, 6.45) is 2.03. The summed E-state index contributed by atoms with van der Waals surface area (Å²) in [4.78, 5) is 21.0. The van der Waals surface area contributed by atoms with Gasteiger partial charge in [-0.3, -0.25) is 4.79 Å². The van der Waals surface area contributed by atoms with Crippen molar-refractivity contribution in [1.82, 2.24) is 19.6 Å². The second-order valence-electron chi connectivity index (χ2n) is 5.50. The third kappa shape index (κ3) is 3.77. The molecule has 0 N–H and O–H groups in total. The minimum Gasteiger partial charge on any atom is -0.460 e. The number of carbonyl (C=O) groups excluding carboxylic acids is 1. The Kier molecular flexibility index (Phi) is 5.24. The Labute approximate surface area is 154 Å². The summed E-state index contributed by atoms with van der Waals surface area (Å²) in [6, 6.07) is 7.29. The summed E-state index contributed by atoms with van der Waals surface area (Å²) >= 11 is 7.53. The molecule has 0 unspecified atom stereocenters. The number of ether oxygens (including phenoxy) is 1. The molecule has 0 fully saturated rings. The van der Waals surface area contributed by atoms with E-state index in [1.165, 1.54) is 11.8 Å². The van der Waals surface area contributed by atoms with E-state index in [1.807, 2.05) is 38.3 Å². The van der Waals surface area contributed by atoms with Crippen LogP contribution < -0.4 is 0 Å². The third-order valence-corrected chi connectivity index (χ3v) is 4.79. The van der Waals surface area contributed by atoms with Gasteiger partial charge in [0.2, 0.25) is 5.16 Å². The molecule has 0 saturated carbocycles. The number of hydrogen-bond acceptors (Lipinski definition) is 6. The fraction of sp³-hybridized carbons (Fsp3) is 0.294. The monoisotopic (exact) mass is 376 g/mol. The molecule has 0 atom stereocenters. The number of aryl methyl sites for hydroxylation is 2. The Hall–Kier alpha value is -2.12. The van der Waals surface area contributed by atoms with Crippen molar-refractivity contribution < 1.29 is 9.53 Å². The Balaban J connectivity index is 1.77. The lowest BCUT2D eigenvalue weighted by molar-refractivity contribution is -0.144. The fourth-order valence-electron chi connectivity index (χ4n) is 2.50. The largest absolute Gasteiger partial charge is 0.460 e. The Morgan fingerprint density at radius 2 is 2.04 bits per heavy atom. The highest BCUT2D eigenvalue weighted by atomic mass is 35.5. The predicted octanol–water partition coefficient (Wildman–Crippen LogP) is 3.40. The number of nitrogens with zero attached hydrogens (tertiary/aromatic N) is 4. The Bertz CT molecular complexity index is 942. The molecule has 3 aromatic rings. The van der Waals surface area contributed by atoms with E-state index >= 15 is 0 Å². The Morgan fingerprint density at radius 3 is 2.76 bits per heavy atom. The molecule has 0 amide bonds. The highest BCUT2D eigenvalue weighted by Crippen LogP contribution is 2.19. The summed E-state index contributed by atoms with van der Waals surface area (Å²) in [5.41, 5.74) is 3.17. The zero-order valence-corrected chi connectivity index (χ0v) is 15.7. The SMILES string of the molecule is CSc1nc2nc(C)c(CC(=O)OCc3ccccc3Cl)c(C)n2n1. The molecule has 130 valence electrons. The summed E-state index contributed by atoms with van der Waals surface area (Å²) in [5.74, 6) is 0.199. The van der Waals surface area contributed by atoms with E-state index in [9.17, 15) is 4.79 Å². The maximum absolute atomic E-state index is 12.3. The van der Waals surface area contributed by atoms with Crippen LogP contribution in [-0.4, -0.2) is 31.8 Å². The molecule has 3 rings (SSSR count). The van der Waals surface area contributed by atoms with E-state index in [2.05, 4.69) is 15.1 Å². The normalized spacial score (nSPS) is 11.0. The molecule has 6 nitrogen and oxygen atoms in total. The number of thioether (sulfide) groups is 1. The van der Waals surface area contributed by atoms with E-state index < -0.39 is 0 Å². The number of carbonyl (C=O) groups is 1. The first-order valence-electron chi connectivity index (χ1n) is 7.65. The molecule has 0 saturated heterocycles. The van der Waals surface area contributed by atoms with Crippen LogP contribution in [0.1, 0.15) is 22.5 Å². The molecule has 2 aromatic heterocycles. The van der Waals surface area contributed by atoms with Crippen molar-refractivity contribution in [2.24, 2.45) is 0 Å². The van der Waals surface area contributed by atoms with Crippen molar-refractivity contribution in [2.45, 2.75) is 32.0 Å². The van der Waals surface area contributed by atoms with Crippen LogP contribution in [0.4, 0.5) is 0 Å². The van der Waals surface area contributed by atoms with Gasteiger partial charge in [0.05, 0.1) is 6.42 Å². The summed E-state index contributed by atoms with van der Waals surface area (Å²) < 4.78 is 7.02. The Morgan fingerprint density at radius 1 is 1.28 bits per heavy atom. The average molecular weight is 377 g/mol. The van der Waals surface area contributed by atoms with Crippen LogP contribution in [0.3, 0.4) is 0 Å². The molecule has 0 aliphatic carbocycles. The van der Waals surface area contributed by atoms with Crippen LogP contribution in [0.15, 0.2) is 29.4 Å². The first-order valence-corrected chi connectivity index (χ1v) is 9.25. The van der Waals surface area contributed by atoms with Gasteiger partial charge in [0, 0.05) is 27.5 Å². The summed E-state index contributed by atoms with van der Waals surface area (Å²) in [7, 11) is 0. The van der Waals surface area contributed by atoms with Gasteiger partial charge in [-0.1, -0.05) is 41.6 Å². The standard InChI is InChI=1S/C17H17ClN4O2S/c1-10-13(11(2)22-16(19-10)20-17(21-22)25-3)8-15(23)24-9-12-6-4-5-7-14(12)18/h4-7H,8-9H2,1-3H3. The molecule has 2 heterocycles. The smallest absolute Gasteiger partial charge is 0.310 e. The van der Waals surface area contributed by atoms with Crippen LogP contribution in [0.5, 0.6) is 0 Å². The zero-order chi connectivity index (χ0) is 18.0. The summed E-state index contributed by atoms with van der Waals surface area (Å²) in [5, 5.41) is 5.61. The third-order valence-electron chi connectivity index (χ3n) is 3.88. The number of halogens is 1. The van der Waals surface area contributed by atoms with Gasteiger partial charge in [-0.2, -0.15) is 4.98 Å². The van der Waals surface area contributed by atoms with Gasteiger partial charge in [0.1, 0.15) is 6.61 Å². The van der Waals surface area contributed by atoms with E-state index in [0.29, 0.717) is 16.0 Å². The van der Waals surface area contributed by atoms with Crippen LogP contribution >= 0.6 is 23.4 Å². The molecular weight excluding hydrogens is 360 g/mol. The van der Waals surface area contributed by atoms with E-state index in [-0.39, 0.29) is 19.0 Å². The topological polar surface area (TPSA) is 69.4 Å². The number of fused-ring (bicyclic) bond motifs is 1. The molecule has 8 heteroatoms. The molecule has 0 spiro atoms. The first-order chi connectivity index (χ1) is 12.0. The van der Waals surface area contributed by atoms with Gasteiger partial charge in [-0.05, 0) is 26.2 Å². The van der Waals surface area contributed by atoms with E-state index in [0.717, 1.165) is 22.5 Å². The number of aromatic nitrogens is 4. The quantitative estimate of drug-likeness (QED) is 0.502. The van der Waals surface area contributed by atoms with Gasteiger partial charge >= 0.3 is 5.97 Å². The van der Waals surface area contributed by atoms with Gasteiger partial charge in [-0.15, -0.1) is 5.10 Å². The highest BCUT2D eigenvalue weighted by molar-refractivity contribution is 7.98. The number of benzene rings is 1. The molecule has 0 aliphatic heterocycles. The number of rotatable bonds is 5. The minimum absolute atomic E-state index is 0.125. The van der Waals surface area contributed by atoms with Crippen molar-refractivity contribution in [3.63, 3.8) is 0 Å². The second kappa shape index (κ2) is 7.41. The van der Waals surface area contributed by atoms with Crippen molar-refractivity contribution in [3.05, 3.63) is 51.8 Å². The molecule has 0 bridgehead atoms. The lowest BCUT2D eigenvalue weighted by Crippen LogP contribution is -2.13. The van der Waals surface area contributed by atoms with Crippen LogP contribution in [0.2, 0.25) is 5.02 Å². The average Bonchev–Trinajstić information content (AvgIpc) is 3.01. The second-order valence-corrected chi connectivity index (χ2v) is 6.68. The molecular formula is C17H17ClN4O2S. The van der Waals surface area contributed by atoms with Crippen molar-refractivity contribution >= 4 is 35.1 Å². The number of esters is 1. The van der Waals surface area contributed by atoms with Crippen LogP contribution in [0, 0.1) is 13.8 Å². The lowest BCUT2D eigenvalue weighted by Gasteiger charge is -2.11. The van der Waals surface area contributed by atoms with Gasteiger partial charge in [0.25, 0.3) is 5.78 Å². The summed E-state index contributed by atoms with van der Waals surface area (Å²) in [6.45, 7) is 3.90. The van der Waals surface area contributed by atoms with Crippen LogP contribution in [0.25, 0.3) is 5.78 Å². The minimum atomic E-state index is -0.336.